The van der Waals surface area contributed by atoms with Crippen molar-refractivity contribution >= 4 is 68.7 Å². The molecule has 9 heteroatoms. The molecule has 0 bridgehead atoms. The summed E-state index contributed by atoms with van der Waals surface area (Å²) in [6.45, 7) is 4.13. The Hall–Kier alpha value is -1.38. The van der Waals surface area contributed by atoms with Gasteiger partial charge in [-0.1, -0.05) is 47.1 Å². The van der Waals surface area contributed by atoms with Gasteiger partial charge in [-0.2, -0.15) is 0 Å². The number of rotatable bonds is 7. The number of thiazole rings is 2. The number of carbonyl (C=O) groups is 1. The minimum absolute atomic E-state index is 0.0415. The molecule has 0 saturated heterocycles. The first-order valence-electron chi connectivity index (χ1n) is 7.43. The highest BCUT2D eigenvalue weighted by Gasteiger charge is 2.19. The zero-order chi connectivity index (χ0) is 18.5. The largest absolute Gasteiger partial charge is 0.284 e. The zero-order valence-corrected chi connectivity index (χ0v) is 17.4. The van der Waals surface area contributed by atoms with E-state index in [0.717, 1.165) is 15.6 Å². The van der Waals surface area contributed by atoms with Crippen molar-refractivity contribution in [2.45, 2.75) is 4.34 Å². The highest BCUT2D eigenvalue weighted by molar-refractivity contribution is 8.01. The number of hydrogen-bond acceptors (Lipinski definition) is 6. The minimum Gasteiger partial charge on any atom is -0.284 e. The zero-order valence-electron chi connectivity index (χ0n) is 13.4. The van der Waals surface area contributed by atoms with Gasteiger partial charge < -0.3 is 0 Å². The van der Waals surface area contributed by atoms with E-state index in [1.165, 1.54) is 34.4 Å². The Kier molecular flexibility index (Phi) is 6.72. The summed E-state index contributed by atoms with van der Waals surface area (Å²) in [7, 11) is 0. The van der Waals surface area contributed by atoms with E-state index in [2.05, 4.69) is 16.5 Å². The summed E-state index contributed by atoms with van der Waals surface area (Å²) in [5.74, 6) is 0.253. The van der Waals surface area contributed by atoms with Gasteiger partial charge in [0.15, 0.2) is 5.13 Å². The van der Waals surface area contributed by atoms with E-state index in [1.54, 1.807) is 29.3 Å². The molecule has 1 aromatic carbocycles. The van der Waals surface area contributed by atoms with Crippen molar-refractivity contribution in [3.63, 3.8) is 0 Å². The van der Waals surface area contributed by atoms with E-state index in [9.17, 15) is 4.79 Å². The third-order valence-corrected chi connectivity index (χ3v) is 6.83. The highest BCUT2D eigenvalue weighted by Crippen LogP contribution is 2.32. The van der Waals surface area contributed by atoms with Gasteiger partial charge in [-0.3, -0.25) is 9.69 Å². The Morgan fingerprint density at radius 1 is 1.31 bits per heavy atom. The minimum atomic E-state index is -0.0415. The monoisotopic (exact) mass is 441 g/mol. The van der Waals surface area contributed by atoms with Gasteiger partial charge in [-0.05, 0) is 12.1 Å². The molecule has 0 spiro atoms. The van der Waals surface area contributed by atoms with Gasteiger partial charge in [0.2, 0.25) is 5.91 Å². The smallest absolute Gasteiger partial charge is 0.239 e. The fraction of sp³-hybridized carbons (Fsp3) is 0.118. The lowest BCUT2D eigenvalue weighted by molar-refractivity contribution is -0.116. The summed E-state index contributed by atoms with van der Waals surface area (Å²) in [5, 5.41) is 5.37. The number of carbonyl (C=O) groups excluding carboxylic acids is 1. The number of hydrogen-bond donors (Lipinski definition) is 0. The van der Waals surface area contributed by atoms with Crippen LogP contribution in [0.3, 0.4) is 0 Å². The quantitative estimate of drug-likeness (QED) is 0.338. The normalized spacial score (nSPS) is 10.7. The van der Waals surface area contributed by atoms with E-state index in [1.807, 2.05) is 16.8 Å². The molecule has 2 aromatic heterocycles. The molecule has 2 heterocycles. The lowest BCUT2D eigenvalue weighted by Crippen LogP contribution is -2.32. The van der Waals surface area contributed by atoms with Crippen LogP contribution in [0.25, 0.3) is 11.3 Å². The van der Waals surface area contributed by atoms with E-state index in [-0.39, 0.29) is 5.91 Å². The fourth-order valence-corrected chi connectivity index (χ4v) is 4.75. The molecule has 0 fully saturated rings. The number of amides is 1. The average Bonchev–Trinajstić information content (AvgIpc) is 3.32. The molecular formula is C17H13Cl2N3OS3. The van der Waals surface area contributed by atoms with E-state index in [0.29, 0.717) is 27.5 Å². The van der Waals surface area contributed by atoms with Crippen LogP contribution in [0.2, 0.25) is 10.0 Å². The Labute approximate surface area is 173 Å². The van der Waals surface area contributed by atoms with Crippen LogP contribution in [-0.4, -0.2) is 28.2 Å². The average molecular weight is 442 g/mol. The van der Waals surface area contributed by atoms with Crippen LogP contribution in [0.5, 0.6) is 0 Å². The molecule has 3 rings (SSSR count). The van der Waals surface area contributed by atoms with Crippen LogP contribution in [0.15, 0.2) is 52.2 Å². The van der Waals surface area contributed by atoms with Crippen molar-refractivity contribution in [1.29, 1.82) is 0 Å². The summed E-state index contributed by atoms with van der Waals surface area (Å²) < 4.78 is 0.868. The summed E-state index contributed by atoms with van der Waals surface area (Å²) in [6, 6.07) is 5.35. The number of nitrogens with zero attached hydrogens (tertiary/aromatic N) is 3. The number of benzene rings is 1. The summed E-state index contributed by atoms with van der Waals surface area (Å²) in [6.07, 6.45) is 3.41. The Balaban J connectivity index is 1.77. The second kappa shape index (κ2) is 9.01. The molecule has 0 aliphatic rings. The maximum atomic E-state index is 12.6. The van der Waals surface area contributed by atoms with Gasteiger partial charge in [0.1, 0.15) is 4.34 Å². The molecule has 0 aliphatic carbocycles. The lowest BCUT2D eigenvalue weighted by Gasteiger charge is -2.17. The van der Waals surface area contributed by atoms with Gasteiger partial charge in [0.05, 0.1) is 21.5 Å². The van der Waals surface area contributed by atoms with E-state index >= 15 is 0 Å². The van der Waals surface area contributed by atoms with Gasteiger partial charge in [-0.25, -0.2) is 9.97 Å². The van der Waals surface area contributed by atoms with Crippen molar-refractivity contribution in [1.82, 2.24) is 9.97 Å². The van der Waals surface area contributed by atoms with Crippen LogP contribution >= 0.6 is 57.6 Å². The van der Waals surface area contributed by atoms with Crippen LogP contribution in [0.4, 0.5) is 5.13 Å². The molecule has 0 saturated carbocycles. The van der Waals surface area contributed by atoms with Crippen molar-refractivity contribution < 1.29 is 4.79 Å². The fourth-order valence-electron chi connectivity index (χ4n) is 2.08. The van der Waals surface area contributed by atoms with Crippen LogP contribution in [-0.2, 0) is 4.79 Å². The number of thioether (sulfide) groups is 1. The Morgan fingerprint density at radius 2 is 2.15 bits per heavy atom. The first-order valence-corrected chi connectivity index (χ1v) is 10.9. The van der Waals surface area contributed by atoms with Crippen molar-refractivity contribution in [2.24, 2.45) is 0 Å². The molecule has 0 N–H and O–H groups in total. The third-order valence-electron chi connectivity index (χ3n) is 3.28. The number of aromatic nitrogens is 2. The molecular weight excluding hydrogens is 429 g/mol. The first kappa shape index (κ1) is 19.4. The summed E-state index contributed by atoms with van der Waals surface area (Å²) in [4.78, 5) is 23.0. The molecule has 0 atom stereocenters. The maximum Gasteiger partial charge on any atom is 0.239 e. The summed E-state index contributed by atoms with van der Waals surface area (Å²) >= 11 is 16.4. The topological polar surface area (TPSA) is 46.1 Å². The number of anilines is 1. The van der Waals surface area contributed by atoms with E-state index in [4.69, 9.17) is 23.2 Å². The van der Waals surface area contributed by atoms with Gasteiger partial charge >= 0.3 is 0 Å². The third kappa shape index (κ3) is 4.66. The maximum absolute atomic E-state index is 12.6. The highest BCUT2D eigenvalue weighted by atomic mass is 35.5. The predicted octanol–water partition coefficient (Wildman–Crippen LogP) is 5.88. The molecule has 0 unspecified atom stereocenters. The number of halogens is 2. The molecule has 1 amide bonds. The SMILES string of the molecule is C=CCN(C(=O)CSc1nccs1)c1nc(-c2ccc(Cl)c(Cl)c2)cs1. The van der Waals surface area contributed by atoms with E-state index < -0.39 is 0 Å². The lowest BCUT2D eigenvalue weighted by atomic mass is 10.2. The second-order valence-corrected chi connectivity index (χ2v) is 8.79. The van der Waals surface area contributed by atoms with Crippen LogP contribution in [0.1, 0.15) is 0 Å². The van der Waals surface area contributed by atoms with Crippen LogP contribution in [0, 0.1) is 0 Å². The van der Waals surface area contributed by atoms with Gasteiger partial charge in [-0.15, -0.1) is 29.3 Å². The molecule has 4 nitrogen and oxygen atoms in total. The molecule has 0 aliphatic heterocycles. The van der Waals surface area contributed by atoms with Gasteiger partial charge in [0, 0.05) is 29.1 Å². The standard InChI is InChI=1S/C17H13Cl2N3OS3/c1-2-6-22(15(23)10-26-17-20-5-7-24-17)16-21-14(9-25-16)11-3-4-12(18)13(19)8-11/h2-5,7-9H,1,6,10H2. The molecule has 0 radical (unpaired) electrons. The Bertz CT molecular complexity index is 912. The summed E-state index contributed by atoms with van der Waals surface area (Å²) in [5.41, 5.74) is 1.60. The van der Waals surface area contributed by atoms with Crippen molar-refractivity contribution in [2.75, 3.05) is 17.2 Å². The van der Waals surface area contributed by atoms with Gasteiger partial charge in [0.25, 0.3) is 0 Å². The van der Waals surface area contributed by atoms with Crippen LogP contribution < -0.4 is 4.90 Å². The Morgan fingerprint density at radius 3 is 2.85 bits per heavy atom. The molecule has 134 valence electrons. The first-order chi connectivity index (χ1) is 12.6. The predicted molar refractivity (Wildman–Crippen MR) is 113 cm³/mol. The van der Waals surface area contributed by atoms with Crippen molar-refractivity contribution in [3.05, 3.63) is 57.9 Å². The van der Waals surface area contributed by atoms with Crippen molar-refractivity contribution in [3.8, 4) is 11.3 Å². The second-order valence-electron chi connectivity index (χ2n) is 5.02. The molecule has 3 aromatic rings. The molecule has 26 heavy (non-hydrogen) atoms.